The van der Waals surface area contributed by atoms with Crippen LogP contribution in [0.15, 0.2) is 194 Å². The largest absolute Gasteiger partial charge is 0.325 e. The maximum absolute atomic E-state index is 13.8. The zero-order valence-corrected chi connectivity index (χ0v) is 36.8. The van der Waals surface area contributed by atoms with Crippen molar-refractivity contribution >= 4 is 11.6 Å². The fraction of sp³-hybridized carbons (Fsp3) is 0.186. The average Bonchev–Trinajstić information content (AvgIpc) is 3.62. The molecule has 1 aromatic heterocycles. The van der Waals surface area contributed by atoms with Gasteiger partial charge in [-0.1, -0.05) is 205 Å². The highest BCUT2D eigenvalue weighted by Gasteiger charge is 2.55. The molecule has 7 aromatic carbocycles. The Bertz CT molecular complexity index is 2850. The van der Waals surface area contributed by atoms with E-state index in [2.05, 4.69) is 223 Å². The van der Waals surface area contributed by atoms with Gasteiger partial charge in [0.25, 0.3) is 0 Å². The molecule has 3 heteroatoms. The van der Waals surface area contributed by atoms with Crippen LogP contribution in [0.2, 0.25) is 0 Å². The normalized spacial score (nSPS) is 16.0. The van der Waals surface area contributed by atoms with Gasteiger partial charge < -0.3 is 5.32 Å². The third kappa shape index (κ3) is 7.06. The molecule has 3 nitrogen and oxygen atoms in total. The van der Waals surface area contributed by atoms with E-state index in [1.165, 1.54) is 44.5 Å². The Morgan fingerprint density at radius 2 is 0.742 bits per heavy atom. The number of nitrogens with one attached hydrogen (secondary N) is 1. The summed E-state index contributed by atoms with van der Waals surface area (Å²) in [6, 6.07) is 65.6. The number of anilines is 1. The van der Waals surface area contributed by atoms with Crippen LogP contribution in [-0.2, 0) is 21.0 Å². The first kappa shape index (κ1) is 40.6. The highest BCUT2D eigenvalue weighted by atomic mass is 16.2. The number of rotatable bonds is 8. The van der Waals surface area contributed by atoms with Gasteiger partial charge in [0.2, 0.25) is 5.91 Å². The number of pyridine rings is 1. The van der Waals surface area contributed by atoms with Crippen molar-refractivity contribution in [2.24, 2.45) is 5.41 Å². The second-order valence-electron chi connectivity index (χ2n) is 19.1. The van der Waals surface area contributed by atoms with Crippen LogP contribution in [-0.4, -0.2) is 10.9 Å². The van der Waals surface area contributed by atoms with Gasteiger partial charge in [-0.05, 0) is 114 Å². The van der Waals surface area contributed by atoms with Crippen molar-refractivity contribution in [3.05, 3.63) is 228 Å². The van der Waals surface area contributed by atoms with Crippen LogP contribution >= 0.6 is 0 Å². The Balaban J connectivity index is 0.949. The molecule has 2 heterocycles. The number of carbonyl (C=O) groups excluding carboxylic acids is 1. The highest BCUT2D eigenvalue weighted by Crippen LogP contribution is 2.53. The molecule has 306 valence electrons. The minimum absolute atomic E-state index is 0.0316. The van der Waals surface area contributed by atoms with Crippen LogP contribution in [0.1, 0.15) is 81.8 Å². The number of fused-ring (bicyclic) bond motifs is 1. The van der Waals surface area contributed by atoms with Crippen LogP contribution in [0, 0.1) is 5.41 Å². The monoisotopic (exact) mass is 806 g/mol. The Morgan fingerprint density at radius 1 is 0.403 bits per heavy atom. The Kier molecular flexibility index (Phi) is 10.2. The minimum Gasteiger partial charge on any atom is -0.325 e. The van der Waals surface area contributed by atoms with E-state index in [4.69, 9.17) is 0 Å². The lowest BCUT2D eigenvalue weighted by Crippen LogP contribution is -2.47. The van der Waals surface area contributed by atoms with Gasteiger partial charge in [0.15, 0.2) is 0 Å². The van der Waals surface area contributed by atoms with Gasteiger partial charge in [-0.3, -0.25) is 9.78 Å². The van der Waals surface area contributed by atoms with E-state index in [0.29, 0.717) is 0 Å². The van der Waals surface area contributed by atoms with Crippen molar-refractivity contribution in [1.82, 2.24) is 4.98 Å². The number of hydrogen-bond donors (Lipinski definition) is 1. The van der Waals surface area contributed by atoms with Crippen LogP contribution < -0.4 is 5.32 Å². The second-order valence-corrected chi connectivity index (χ2v) is 19.1. The van der Waals surface area contributed by atoms with Crippen molar-refractivity contribution < 1.29 is 4.79 Å². The molecule has 9 rings (SSSR count). The fourth-order valence-electron chi connectivity index (χ4n) is 9.68. The lowest BCUT2D eigenvalue weighted by Gasteiger charge is -2.40. The molecule has 1 N–H and O–H groups in total. The molecule has 0 radical (unpaired) electrons. The topological polar surface area (TPSA) is 42.0 Å². The van der Waals surface area contributed by atoms with E-state index in [9.17, 15) is 4.79 Å². The first-order valence-corrected chi connectivity index (χ1v) is 21.7. The zero-order valence-electron chi connectivity index (χ0n) is 36.8. The smallest absolute Gasteiger partial charge is 0.240 e. The average molecular weight is 807 g/mol. The van der Waals surface area contributed by atoms with Crippen LogP contribution in [0.4, 0.5) is 5.69 Å². The molecular weight excluding hydrogens is 753 g/mol. The molecule has 2 unspecified atom stereocenters. The lowest BCUT2D eigenvalue weighted by atomic mass is 9.59. The Morgan fingerprint density at radius 3 is 1.13 bits per heavy atom. The zero-order chi connectivity index (χ0) is 43.3. The molecule has 2 atom stereocenters. The van der Waals surface area contributed by atoms with Crippen molar-refractivity contribution in [2.45, 2.75) is 64.7 Å². The Hall–Kier alpha value is -6.84. The molecule has 0 aliphatic carbocycles. The van der Waals surface area contributed by atoms with Crippen molar-refractivity contribution in [1.29, 1.82) is 0 Å². The maximum atomic E-state index is 13.8. The molecule has 0 bridgehead atoms. The maximum Gasteiger partial charge on any atom is 0.240 e. The summed E-state index contributed by atoms with van der Waals surface area (Å²) in [6.45, 7) is 15.5. The third-order valence-corrected chi connectivity index (χ3v) is 13.4. The second kappa shape index (κ2) is 15.6. The molecule has 62 heavy (non-hydrogen) atoms. The molecule has 1 aliphatic rings. The van der Waals surface area contributed by atoms with Gasteiger partial charge in [0, 0.05) is 23.5 Å². The molecule has 0 saturated carbocycles. The molecule has 8 aromatic rings. The standard InChI is InChI=1S/C59H54N2O/c1-56(2,3)48-28-20-44(21-29-48)40-12-14-41(15-13-40)45-22-30-49(31-23-45)58(7,51-36-38-60-39-37-51)50-32-24-46(25-33-50)42-16-18-43(19-17-42)47-26-34-52(35-27-47)59(57(4,5)6)53-10-8-9-11-54(53)61-55(59)62/h8-39H,1-7H3,(H,61,62). The number of amides is 1. The van der Waals surface area contributed by atoms with Gasteiger partial charge in [-0.25, -0.2) is 0 Å². The number of benzene rings is 7. The van der Waals surface area contributed by atoms with Crippen molar-refractivity contribution in [3.63, 3.8) is 0 Å². The third-order valence-electron chi connectivity index (χ3n) is 13.4. The van der Waals surface area contributed by atoms with Crippen LogP contribution in [0.25, 0.3) is 44.5 Å². The first-order chi connectivity index (χ1) is 29.8. The summed E-state index contributed by atoms with van der Waals surface area (Å²) in [7, 11) is 0. The van der Waals surface area contributed by atoms with Gasteiger partial charge >= 0.3 is 0 Å². The summed E-state index contributed by atoms with van der Waals surface area (Å²) in [6.07, 6.45) is 3.77. The number of aromatic nitrogens is 1. The quantitative estimate of drug-likeness (QED) is 0.166. The van der Waals surface area contributed by atoms with E-state index in [-0.39, 0.29) is 16.7 Å². The molecule has 0 fully saturated rings. The summed E-state index contributed by atoms with van der Waals surface area (Å²) in [5.74, 6) is 0.0316. The number of hydrogen-bond acceptors (Lipinski definition) is 2. The van der Waals surface area contributed by atoms with E-state index in [1.54, 1.807) is 0 Å². The van der Waals surface area contributed by atoms with E-state index >= 15 is 0 Å². The number of para-hydroxylation sites is 1. The predicted octanol–water partition coefficient (Wildman–Crippen LogP) is 14.7. The van der Waals surface area contributed by atoms with Crippen molar-refractivity contribution in [2.75, 3.05) is 5.32 Å². The molecule has 1 aliphatic heterocycles. The highest BCUT2D eigenvalue weighted by molar-refractivity contribution is 6.09. The predicted molar refractivity (Wildman–Crippen MR) is 258 cm³/mol. The molecular formula is C59H54N2O. The van der Waals surface area contributed by atoms with Crippen LogP contribution in [0.5, 0.6) is 0 Å². The van der Waals surface area contributed by atoms with Gasteiger partial charge in [-0.15, -0.1) is 0 Å². The first-order valence-electron chi connectivity index (χ1n) is 21.7. The van der Waals surface area contributed by atoms with E-state index < -0.39 is 10.8 Å². The molecule has 0 spiro atoms. The fourth-order valence-corrected chi connectivity index (χ4v) is 9.68. The summed E-state index contributed by atoms with van der Waals surface area (Å²) in [5.41, 5.74) is 15.9. The minimum atomic E-state index is -0.775. The number of carbonyl (C=O) groups is 1. The van der Waals surface area contributed by atoms with Crippen molar-refractivity contribution in [3.8, 4) is 44.5 Å². The molecule has 0 saturated heterocycles. The summed E-state index contributed by atoms with van der Waals surface area (Å²) >= 11 is 0. The Labute approximate surface area is 367 Å². The number of nitrogens with zero attached hydrogens (tertiary/aromatic N) is 1. The van der Waals surface area contributed by atoms with Gasteiger partial charge in [0.05, 0.1) is 0 Å². The molecule has 1 amide bonds. The van der Waals surface area contributed by atoms with Crippen LogP contribution in [0.3, 0.4) is 0 Å². The van der Waals surface area contributed by atoms with Gasteiger partial charge in [0.1, 0.15) is 5.41 Å². The summed E-state index contributed by atoms with van der Waals surface area (Å²) in [4.78, 5) is 18.1. The summed E-state index contributed by atoms with van der Waals surface area (Å²) < 4.78 is 0. The van der Waals surface area contributed by atoms with Gasteiger partial charge in [-0.2, -0.15) is 0 Å². The lowest BCUT2D eigenvalue weighted by molar-refractivity contribution is -0.122. The van der Waals surface area contributed by atoms with E-state index in [1.807, 2.05) is 30.6 Å². The summed E-state index contributed by atoms with van der Waals surface area (Å²) in [5, 5.41) is 3.16. The SMILES string of the molecule is CC(C)(C)c1ccc(-c2ccc(-c3ccc(C(C)(c4ccncc4)c4ccc(-c5ccc(-c6ccc(C7(C(C)(C)C)C(=O)Nc8ccccc87)cc6)cc5)cc4)cc3)cc2)cc1. The van der Waals surface area contributed by atoms with E-state index in [0.717, 1.165) is 39.1 Å².